The molecule has 6 heteroatoms. The molecule has 0 aliphatic rings. The molecule has 19 heavy (non-hydrogen) atoms. The van der Waals surface area contributed by atoms with Crippen LogP contribution in [0.2, 0.25) is 0 Å². The Morgan fingerprint density at radius 2 is 2.00 bits per heavy atom. The molecule has 0 aliphatic heterocycles. The van der Waals surface area contributed by atoms with Crippen LogP contribution in [0.4, 0.5) is 11.4 Å². The van der Waals surface area contributed by atoms with Crippen molar-refractivity contribution in [2.45, 2.75) is 13.5 Å². The molecule has 98 valence electrons. The zero-order valence-electron chi connectivity index (χ0n) is 10.3. The van der Waals surface area contributed by atoms with Gasteiger partial charge in [-0.05, 0) is 28.4 Å². The maximum atomic E-state index is 10.9. The number of nitrogens with one attached hydrogen (secondary N) is 1. The molecule has 2 rings (SSSR count). The maximum Gasteiger partial charge on any atom is 0.311 e. The van der Waals surface area contributed by atoms with Crippen molar-refractivity contribution in [3.05, 3.63) is 62.4 Å². The fraction of sp³-hybridized carbons (Fsp3) is 0.154. The van der Waals surface area contributed by atoms with Gasteiger partial charge in [-0.3, -0.25) is 15.1 Å². The summed E-state index contributed by atoms with van der Waals surface area (Å²) in [5.74, 6) is 0. The molecule has 0 saturated heterocycles. The second kappa shape index (κ2) is 5.79. The Labute approximate surface area is 119 Å². The Morgan fingerprint density at radius 1 is 1.32 bits per heavy atom. The Balaban J connectivity index is 2.19. The Hall–Kier alpha value is -1.95. The number of rotatable bonds is 4. The highest BCUT2D eigenvalue weighted by Crippen LogP contribution is 2.31. The standard InChI is InChI=1S/C13H12BrN3O2/c1-9-2-4-10(5-3-9)6-16-13-11(14)7-15-8-12(13)17(18)19/h2-5,7-8H,6H2,1H3,(H,15,16). The van der Waals surface area contributed by atoms with Crippen LogP contribution in [0.15, 0.2) is 41.1 Å². The van der Waals surface area contributed by atoms with Gasteiger partial charge in [0.1, 0.15) is 11.9 Å². The number of nitrogens with zero attached hydrogens (tertiary/aromatic N) is 2. The second-order valence-electron chi connectivity index (χ2n) is 4.11. The second-order valence-corrected chi connectivity index (χ2v) is 4.97. The highest BCUT2D eigenvalue weighted by Gasteiger charge is 2.16. The van der Waals surface area contributed by atoms with Gasteiger partial charge >= 0.3 is 5.69 Å². The number of hydrogen-bond donors (Lipinski definition) is 1. The Bertz CT molecular complexity index is 599. The minimum absolute atomic E-state index is 0.0403. The topological polar surface area (TPSA) is 68.1 Å². The number of nitro groups is 1. The number of anilines is 1. The SMILES string of the molecule is Cc1ccc(CNc2c(Br)cncc2[N+](=O)[O-])cc1. The molecule has 0 atom stereocenters. The van der Waals surface area contributed by atoms with E-state index in [0.717, 1.165) is 5.56 Å². The third-order valence-electron chi connectivity index (χ3n) is 2.67. The van der Waals surface area contributed by atoms with Crippen molar-refractivity contribution in [3.8, 4) is 0 Å². The first-order valence-corrected chi connectivity index (χ1v) is 6.44. The summed E-state index contributed by atoms with van der Waals surface area (Å²) in [4.78, 5) is 14.3. The molecule has 5 nitrogen and oxygen atoms in total. The van der Waals surface area contributed by atoms with Crippen LogP contribution < -0.4 is 5.32 Å². The lowest BCUT2D eigenvalue weighted by molar-refractivity contribution is -0.384. The zero-order chi connectivity index (χ0) is 13.8. The molecule has 1 heterocycles. The molecule has 0 unspecified atom stereocenters. The summed E-state index contributed by atoms with van der Waals surface area (Å²) in [5.41, 5.74) is 2.64. The first kappa shape index (κ1) is 13.5. The predicted octanol–water partition coefficient (Wildman–Crippen LogP) is 3.67. The van der Waals surface area contributed by atoms with Gasteiger partial charge in [0.2, 0.25) is 0 Å². The quantitative estimate of drug-likeness (QED) is 0.689. The van der Waals surface area contributed by atoms with Gasteiger partial charge in [-0.15, -0.1) is 0 Å². The molecule has 0 amide bonds. The summed E-state index contributed by atoms with van der Waals surface area (Å²) in [6.45, 7) is 2.53. The van der Waals surface area contributed by atoms with Crippen molar-refractivity contribution in [1.82, 2.24) is 4.98 Å². The highest BCUT2D eigenvalue weighted by atomic mass is 79.9. The van der Waals surface area contributed by atoms with Crippen LogP contribution in [0.1, 0.15) is 11.1 Å². The average Bonchev–Trinajstić information content (AvgIpc) is 2.39. The van der Waals surface area contributed by atoms with Gasteiger partial charge in [-0.25, -0.2) is 0 Å². The molecule has 0 bridgehead atoms. The molecule has 2 aromatic rings. The molecule has 1 N–H and O–H groups in total. The van der Waals surface area contributed by atoms with Gasteiger partial charge in [0, 0.05) is 12.7 Å². The molecule has 0 fully saturated rings. The van der Waals surface area contributed by atoms with E-state index in [1.165, 1.54) is 18.0 Å². The van der Waals surface area contributed by atoms with Crippen molar-refractivity contribution in [2.75, 3.05) is 5.32 Å². The predicted molar refractivity (Wildman–Crippen MR) is 77.1 cm³/mol. The van der Waals surface area contributed by atoms with Crippen LogP contribution in [-0.4, -0.2) is 9.91 Å². The molecule has 0 aliphatic carbocycles. The van der Waals surface area contributed by atoms with E-state index in [4.69, 9.17) is 0 Å². The van der Waals surface area contributed by atoms with Gasteiger partial charge in [-0.1, -0.05) is 29.8 Å². The zero-order valence-corrected chi connectivity index (χ0v) is 11.8. The fourth-order valence-corrected chi connectivity index (χ4v) is 2.10. The van der Waals surface area contributed by atoms with E-state index in [2.05, 4.69) is 26.2 Å². The molecule has 0 radical (unpaired) electrons. The molecule has 0 spiro atoms. The number of halogens is 1. The van der Waals surface area contributed by atoms with E-state index in [9.17, 15) is 10.1 Å². The van der Waals surface area contributed by atoms with E-state index < -0.39 is 4.92 Å². The average molecular weight is 322 g/mol. The molecule has 0 saturated carbocycles. The minimum atomic E-state index is -0.449. The van der Waals surface area contributed by atoms with Crippen molar-refractivity contribution in [2.24, 2.45) is 0 Å². The number of hydrogen-bond acceptors (Lipinski definition) is 4. The third-order valence-corrected chi connectivity index (χ3v) is 3.27. The number of aryl methyl sites for hydroxylation is 1. The van der Waals surface area contributed by atoms with E-state index >= 15 is 0 Å². The first-order valence-electron chi connectivity index (χ1n) is 5.65. The summed E-state index contributed by atoms with van der Waals surface area (Å²) >= 11 is 3.27. The summed E-state index contributed by atoms with van der Waals surface area (Å²) < 4.78 is 0.578. The largest absolute Gasteiger partial charge is 0.374 e. The number of pyridine rings is 1. The lowest BCUT2D eigenvalue weighted by Gasteiger charge is -2.08. The molecule has 1 aromatic heterocycles. The van der Waals surface area contributed by atoms with Crippen LogP contribution in [0, 0.1) is 17.0 Å². The van der Waals surface area contributed by atoms with E-state index in [0.29, 0.717) is 16.7 Å². The Morgan fingerprint density at radius 3 is 2.63 bits per heavy atom. The van der Waals surface area contributed by atoms with Crippen molar-refractivity contribution in [3.63, 3.8) is 0 Å². The van der Waals surface area contributed by atoms with E-state index in [1.54, 1.807) is 0 Å². The van der Waals surface area contributed by atoms with Crippen molar-refractivity contribution < 1.29 is 4.92 Å². The third kappa shape index (κ3) is 3.29. The van der Waals surface area contributed by atoms with Gasteiger partial charge in [0.15, 0.2) is 0 Å². The minimum Gasteiger partial charge on any atom is -0.374 e. The van der Waals surface area contributed by atoms with Crippen LogP contribution in [0.3, 0.4) is 0 Å². The first-order chi connectivity index (χ1) is 9.08. The van der Waals surface area contributed by atoms with Crippen LogP contribution in [0.25, 0.3) is 0 Å². The lowest BCUT2D eigenvalue weighted by atomic mass is 10.1. The van der Waals surface area contributed by atoms with Crippen molar-refractivity contribution >= 4 is 27.3 Å². The molecule has 1 aromatic carbocycles. The number of aromatic nitrogens is 1. The maximum absolute atomic E-state index is 10.9. The fourth-order valence-electron chi connectivity index (χ4n) is 1.63. The van der Waals surface area contributed by atoms with Crippen LogP contribution >= 0.6 is 15.9 Å². The normalized spacial score (nSPS) is 10.2. The molecular formula is C13H12BrN3O2. The summed E-state index contributed by atoms with van der Waals surface area (Å²) in [6.07, 6.45) is 2.77. The summed E-state index contributed by atoms with van der Waals surface area (Å²) in [5, 5.41) is 14.0. The number of benzene rings is 1. The van der Waals surface area contributed by atoms with Gasteiger partial charge in [0.05, 0.1) is 9.40 Å². The summed E-state index contributed by atoms with van der Waals surface area (Å²) in [7, 11) is 0. The Kier molecular flexibility index (Phi) is 4.11. The van der Waals surface area contributed by atoms with Crippen molar-refractivity contribution in [1.29, 1.82) is 0 Å². The summed E-state index contributed by atoms with van der Waals surface area (Å²) in [6, 6.07) is 7.99. The van der Waals surface area contributed by atoms with Gasteiger partial charge in [-0.2, -0.15) is 0 Å². The smallest absolute Gasteiger partial charge is 0.311 e. The lowest BCUT2D eigenvalue weighted by Crippen LogP contribution is -2.04. The van der Waals surface area contributed by atoms with Crippen LogP contribution in [-0.2, 0) is 6.54 Å². The van der Waals surface area contributed by atoms with E-state index in [-0.39, 0.29) is 5.69 Å². The van der Waals surface area contributed by atoms with E-state index in [1.807, 2.05) is 31.2 Å². The monoisotopic (exact) mass is 321 g/mol. The van der Waals surface area contributed by atoms with Gasteiger partial charge < -0.3 is 5.32 Å². The highest BCUT2D eigenvalue weighted by molar-refractivity contribution is 9.10. The molecular weight excluding hydrogens is 310 g/mol. The van der Waals surface area contributed by atoms with Crippen LogP contribution in [0.5, 0.6) is 0 Å². The van der Waals surface area contributed by atoms with Gasteiger partial charge in [0.25, 0.3) is 0 Å².